The summed E-state index contributed by atoms with van der Waals surface area (Å²) < 4.78 is 31.6. The first-order chi connectivity index (χ1) is 14.3. The number of sulfonamides is 1. The van der Waals surface area contributed by atoms with Crippen molar-refractivity contribution in [3.8, 4) is 0 Å². The maximum atomic E-state index is 13.1. The molecule has 9 heteroatoms. The number of rotatable bonds is 4. The maximum Gasteiger partial charge on any atom is 0.266 e. The minimum atomic E-state index is -3.74. The Kier molecular flexibility index (Phi) is 5.98. The standard InChI is InChI=1S/C21H22BrN3O3S2/c1-3-24-17-11-8-15(22)13-19(17)29-21(24)23-20(26)18-5-4-12-25(18)30(27,28)16-9-6-14(2)7-10-16/h6-11,13,18H,3-5,12H2,1-2H3. The Balaban J connectivity index is 1.71. The summed E-state index contributed by atoms with van der Waals surface area (Å²) in [6.07, 6.45) is 1.13. The highest BCUT2D eigenvalue weighted by molar-refractivity contribution is 9.10. The molecule has 0 aliphatic carbocycles. The highest BCUT2D eigenvalue weighted by Gasteiger charge is 2.39. The van der Waals surface area contributed by atoms with E-state index < -0.39 is 22.0 Å². The van der Waals surface area contributed by atoms with Gasteiger partial charge in [-0.05, 0) is 57.0 Å². The second kappa shape index (κ2) is 8.37. The summed E-state index contributed by atoms with van der Waals surface area (Å²) in [5.41, 5.74) is 1.99. The van der Waals surface area contributed by atoms with Gasteiger partial charge in [-0.3, -0.25) is 4.79 Å². The number of benzene rings is 2. The van der Waals surface area contributed by atoms with Crippen LogP contribution in [0.3, 0.4) is 0 Å². The first-order valence-corrected chi connectivity index (χ1v) is 12.8. The summed E-state index contributed by atoms with van der Waals surface area (Å²) >= 11 is 4.91. The molecular formula is C21H22BrN3O3S2. The fourth-order valence-electron chi connectivity index (χ4n) is 3.73. The zero-order valence-corrected chi connectivity index (χ0v) is 19.9. The van der Waals surface area contributed by atoms with Crippen molar-refractivity contribution in [2.45, 2.75) is 44.2 Å². The molecule has 0 radical (unpaired) electrons. The van der Waals surface area contributed by atoms with E-state index in [0.717, 1.165) is 20.3 Å². The third-order valence-corrected chi connectivity index (χ3v) is 8.74. The first-order valence-electron chi connectivity index (χ1n) is 9.77. The molecule has 0 spiro atoms. The van der Waals surface area contributed by atoms with E-state index in [9.17, 15) is 13.2 Å². The Morgan fingerprint density at radius 2 is 1.97 bits per heavy atom. The number of aromatic nitrogens is 1. The van der Waals surface area contributed by atoms with Crippen LogP contribution in [0.2, 0.25) is 0 Å². The number of carbonyl (C=O) groups excluding carboxylic acids is 1. The molecule has 1 amide bonds. The Hall–Kier alpha value is -1.81. The predicted molar refractivity (Wildman–Crippen MR) is 122 cm³/mol. The van der Waals surface area contributed by atoms with Gasteiger partial charge in [-0.15, -0.1) is 0 Å². The summed E-state index contributed by atoms with van der Waals surface area (Å²) in [7, 11) is -3.74. The second-order valence-corrected chi connectivity index (χ2v) is 11.1. The van der Waals surface area contributed by atoms with Gasteiger partial charge in [-0.1, -0.05) is 45.0 Å². The van der Waals surface area contributed by atoms with Crippen LogP contribution in [0.25, 0.3) is 10.2 Å². The predicted octanol–water partition coefficient (Wildman–Crippen LogP) is 4.07. The molecule has 158 valence electrons. The Bertz CT molecular complexity index is 1280. The van der Waals surface area contributed by atoms with Gasteiger partial charge in [0.25, 0.3) is 5.91 Å². The molecule has 6 nitrogen and oxygen atoms in total. The zero-order chi connectivity index (χ0) is 21.5. The molecule has 1 unspecified atom stereocenters. The van der Waals surface area contributed by atoms with Crippen LogP contribution in [0.5, 0.6) is 0 Å². The van der Waals surface area contributed by atoms with E-state index in [4.69, 9.17) is 0 Å². The van der Waals surface area contributed by atoms with Crippen molar-refractivity contribution >= 4 is 53.4 Å². The molecular weight excluding hydrogens is 486 g/mol. The van der Waals surface area contributed by atoms with Gasteiger partial charge < -0.3 is 4.57 Å². The fourth-order valence-corrected chi connectivity index (χ4v) is 7.03. The van der Waals surface area contributed by atoms with E-state index in [1.165, 1.54) is 15.6 Å². The molecule has 1 fully saturated rings. The van der Waals surface area contributed by atoms with Gasteiger partial charge >= 0.3 is 0 Å². The quantitative estimate of drug-likeness (QED) is 0.534. The van der Waals surface area contributed by atoms with Crippen LogP contribution in [0.4, 0.5) is 0 Å². The highest BCUT2D eigenvalue weighted by Crippen LogP contribution is 2.27. The lowest BCUT2D eigenvalue weighted by Gasteiger charge is -2.21. The van der Waals surface area contributed by atoms with Crippen LogP contribution in [0, 0.1) is 6.92 Å². The number of hydrogen-bond acceptors (Lipinski definition) is 4. The average molecular weight is 508 g/mol. The summed E-state index contributed by atoms with van der Waals surface area (Å²) in [6, 6.07) is 11.9. The molecule has 1 aromatic heterocycles. The molecule has 1 saturated heterocycles. The maximum absolute atomic E-state index is 13.1. The molecule has 4 rings (SSSR count). The van der Waals surface area contributed by atoms with E-state index >= 15 is 0 Å². The number of hydrogen-bond donors (Lipinski definition) is 0. The van der Waals surface area contributed by atoms with Crippen molar-refractivity contribution in [3.63, 3.8) is 0 Å². The average Bonchev–Trinajstić information content (AvgIpc) is 3.32. The van der Waals surface area contributed by atoms with Crippen LogP contribution in [-0.2, 0) is 21.4 Å². The SMILES string of the molecule is CCn1c(=NC(=O)C2CCCN2S(=O)(=O)c2ccc(C)cc2)sc2cc(Br)ccc21. The molecule has 1 aliphatic heterocycles. The summed E-state index contributed by atoms with van der Waals surface area (Å²) in [4.78, 5) is 18.3. The molecule has 0 N–H and O–H groups in total. The number of halogens is 1. The van der Waals surface area contributed by atoms with Crippen LogP contribution in [0.15, 0.2) is 56.8 Å². The van der Waals surface area contributed by atoms with Gasteiger partial charge in [0.05, 0.1) is 15.1 Å². The smallest absolute Gasteiger partial charge is 0.266 e. The number of nitrogens with zero attached hydrogens (tertiary/aromatic N) is 3. The molecule has 0 bridgehead atoms. The van der Waals surface area contributed by atoms with Crippen LogP contribution < -0.4 is 4.80 Å². The number of amides is 1. The van der Waals surface area contributed by atoms with E-state index in [0.29, 0.717) is 30.7 Å². The van der Waals surface area contributed by atoms with E-state index in [1.54, 1.807) is 24.3 Å². The highest BCUT2D eigenvalue weighted by atomic mass is 79.9. The zero-order valence-electron chi connectivity index (χ0n) is 16.7. The summed E-state index contributed by atoms with van der Waals surface area (Å²) in [5, 5.41) is 0. The van der Waals surface area contributed by atoms with Crippen molar-refractivity contribution in [1.82, 2.24) is 8.87 Å². The van der Waals surface area contributed by atoms with Gasteiger partial charge in [0.15, 0.2) is 4.80 Å². The third kappa shape index (κ3) is 3.91. The summed E-state index contributed by atoms with van der Waals surface area (Å²) in [5.74, 6) is -0.406. The Labute approximate surface area is 188 Å². The van der Waals surface area contributed by atoms with Gasteiger partial charge in [0.1, 0.15) is 6.04 Å². The normalized spacial score (nSPS) is 18.4. The van der Waals surface area contributed by atoms with Crippen LogP contribution in [-0.4, -0.2) is 35.8 Å². The van der Waals surface area contributed by atoms with Gasteiger partial charge in [0.2, 0.25) is 10.0 Å². The minimum absolute atomic E-state index is 0.211. The largest absolute Gasteiger partial charge is 0.317 e. The van der Waals surface area contributed by atoms with Crippen molar-refractivity contribution in [3.05, 3.63) is 57.3 Å². The van der Waals surface area contributed by atoms with Gasteiger partial charge in [0, 0.05) is 17.6 Å². The monoisotopic (exact) mass is 507 g/mol. The molecule has 30 heavy (non-hydrogen) atoms. The molecule has 0 saturated carbocycles. The van der Waals surface area contributed by atoms with E-state index in [-0.39, 0.29) is 4.90 Å². The van der Waals surface area contributed by atoms with Gasteiger partial charge in [-0.2, -0.15) is 9.30 Å². The minimum Gasteiger partial charge on any atom is -0.317 e. The van der Waals surface area contributed by atoms with Crippen LogP contribution in [0.1, 0.15) is 25.3 Å². The van der Waals surface area contributed by atoms with E-state index in [1.807, 2.05) is 36.6 Å². The van der Waals surface area contributed by atoms with Crippen molar-refractivity contribution in [2.75, 3.05) is 6.54 Å². The molecule has 1 atom stereocenters. The second-order valence-electron chi connectivity index (χ2n) is 7.28. The number of fused-ring (bicyclic) bond motifs is 1. The molecule has 3 aromatic rings. The lowest BCUT2D eigenvalue weighted by Crippen LogP contribution is -2.40. The van der Waals surface area contributed by atoms with Crippen molar-refractivity contribution in [2.24, 2.45) is 4.99 Å². The topological polar surface area (TPSA) is 71.7 Å². The number of aryl methyl sites for hydroxylation is 2. The van der Waals surface area contributed by atoms with Crippen molar-refractivity contribution < 1.29 is 13.2 Å². The first kappa shape index (κ1) is 21.4. The third-order valence-electron chi connectivity index (χ3n) is 5.28. The molecule has 2 heterocycles. The van der Waals surface area contributed by atoms with Crippen molar-refractivity contribution in [1.29, 1.82) is 0 Å². The lowest BCUT2D eigenvalue weighted by molar-refractivity contribution is -0.121. The summed E-state index contributed by atoms with van der Waals surface area (Å²) in [6.45, 7) is 4.91. The fraction of sp³-hybridized carbons (Fsp3) is 0.333. The molecule has 1 aliphatic rings. The Morgan fingerprint density at radius 1 is 1.23 bits per heavy atom. The number of carbonyl (C=O) groups is 1. The number of thiazole rings is 1. The molecule has 2 aromatic carbocycles. The van der Waals surface area contributed by atoms with E-state index in [2.05, 4.69) is 20.9 Å². The lowest BCUT2D eigenvalue weighted by atomic mass is 10.2. The van der Waals surface area contributed by atoms with Crippen LogP contribution >= 0.6 is 27.3 Å². The Morgan fingerprint density at radius 3 is 2.67 bits per heavy atom. The van der Waals surface area contributed by atoms with Gasteiger partial charge in [-0.25, -0.2) is 8.42 Å².